The Kier molecular flexibility index (Phi) is 3.93. The average Bonchev–Trinajstić information content (AvgIpc) is 2.54. The summed E-state index contributed by atoms with van der Waals surface area (Å²) in [6, 6.07) is 13.4. The quantitative estimate of drug-likeness (QED) is 0.712. The van der Waals surface area contributed by atoms with Crippen LogP contribution in [0, 0.1) is 4.77 Å². The highest BCUT2D eigenvalue weighted by Gasteiger charge is 2.06. The molecule has 0 fully saturated rings. The lowest BCUT2D eigenvalue weighted by atomic mass is 10.2. The van der Waals surface area contributed by atoms with Crippen LogP contribution in [0.5, 0.6) is 11.5 Å². The molecular weight excluding hydrogens is 298 g/mol. The molecule has 0 aliphatic rings. The number of ether oxygens (including phenoxy) is 2. The first kappa shape index (κ1) is 14.3. The van der Waals surface area contributed by atoms with Crippen molar-refractivity contribution in [1.82, 2.24) is 9.97 Å². The third-order valence-corrected chi connectivity index (χ3v) is 3.44. The summed E-state index contributed by atoms with van der Waals surface area (Å²) in [4.78, 5) is 7.45. The van der Waals surface area contributed by atoms with Crippen molar-refractivity contribution >= 4 is 34.6 Å². The maximum absolute atomic E-state index is 5.28. The number of H-pyrrole nitrogens is 1. The van der Waals surface area contributed by atoms with Gasteiger partial charge in [-0.3, -0.25) is 0 Å². The van der Waals surface area contributed by atoms with Gasteiger partial charge in [0.25, 0.3) is 0 Å². The minimum Gasteiger partial charge on any atom is -0.497 e. The molecule has 0 radical (unpaired) electrons. The monoisotopic (exact) mass is 313 g/mol. The number of aromatic amines is 1. The van der Waals surface area contributed by atoms with Crippen molar-refractivity contribution in [3.63, 3.8) is 0 Å². The van der Waals surface area contributed by atoms with Crippen molar-refractivity contribution in [2.24, 2.45) is 0 Å². The molecular formula is C16H15N3O2S. The fourth-order valence-corrected chi connectivity index (χ4v) is 2.42. The summed E-state index contributed by atoms with van der Waals surface area (Å²) >= 11 is 5.18. The summed E-state index contributed by atoms with van der Waals surface area (Å²) in [6.07, 6.45) is 0. The van der Waals surface area contributed by atoms with Crippen LogP contribution in [0.2, 0.25) is 0 Å². The molecule has 112 valence electrons. The normalized spacial score (nSPS) is 10.5. The van der Waals surface area contributed by atoms with Crippen LogP contribution < -0.4 is 14.8 Å². The number of aromatic nitrogens is 2. The zero-order valence-electron chi connectivity index (χ0n) is 12.2. The summed E-state index contributed by atoms with van der Waals surface area (Å²) in [7, 11) is 3.23. The Morgan fingerprint density at radius 1 is 1.05 bits per heavy atom. The van der Waals surface area contributed by atoms with Crippen molar-refractivity contribution in [3.8, 4) is 11.5 Å². The largest absolute Gasteiger partial charge is 0.497 e. The van der Waals surface area contributed by atoms with E-state index in [2.05, 4.69) is 15.3 Å². The molecule has 5 nitrogen and oxygen atoms in total. The number of para-hydroxylation sites is 1. The summed E-state index contributed by atoms with van der Waals surface area (Å²) < 4.78 is 11.0. The number of nitrogens with zero attached hydrogens (tertiary/aromatic N) is 1. The van der Waals surface area contributed by atoms with Crippen LogP contribution in [0.1, 0.15) is 0 Å². The molecule has 0 aliphatic heterocycles. The van der Waals surface area contributed by atoms with E-state index in [-0.39, 0.29) is 0 Å². The van der Waals surface area contributed by atoms with Gasteiger partial charge in [0.1, 0.15) is 17.3 Å². The third kappa shape index (κ3) is 2.87. The van der Waals surface area contributed by atoms with E-state index in [9.17, 15) is 0 Å². The lowest BCUT2D eigenvalue weighted by Crippen LogP contribution is -1.98. The van der Waals surface area contributed by atoms with Gasteiger partial charge in [-0.25, -0.2) is 4.98 Å². The van der Waals surface area contributed by atoms with E-state index in [0.29, 0.717) is 22.1 Å². The number of benzene rings is 2. The Hall–Kier alpha value is -2.60. The summed E-state index contributed by atoms with van der Waals surface area (Å²) in [5, 5.41) is 4.24. The molecule has 1 heterocycles. The van der Waals surface area contributed by atoms with Gasteiger partial charge in [-0.15, -0.1) is 0 Å². The summed E-state index contributed by atoms with van der Waals surface area (Å²) in [6.45, 7) is 0. The third-order valence-electron chi connectivity index (χ3n) is 3.25. The van der Waals surface area contributed by atoms with Crippen LogP contribution in [0.25, 0.3) is 10.9 Å². The molecule has 3 aromatic rings. The minimum atomic E-state index is 0.427. The Balaban J connectivity index is 2.08. The highest BCUT2D eigenvalue weighted by Crippen LogP contribution is 2.29. The molecule has 2 aromatic carbocycles. The van der Waals surface area contributed by atoms with Crippen molar-refractivity contribution in [2.75, 3.05) is 19.5 Å². The molecule has 0 atom stereocenters. The van der Waals surface area contributed by atoms with Crippen molar-refractivity contribution in [2.45, 2.75) is 0 Å². The SMILES string of the molecule is COc1cc(Nc2nc(=S)[nH]c3ccccc23)cc(OC)c1. The van der Waals surface area contributed by atoms with Crippen LogP contribution in [0.3, 0.4) is 0 Å². The van der Waals surface area contributed by atoms with Crippen LogP contribution in [-0.4, -0.2) is 24.2 Å². The zero-order valence-corrected chi connectivity index (χ0v) is 13.0. The molecule has 0 saturated heterocycles. The minimum absolute atomic E-state index is 0.427. The van der Waals surface area contributed by atoms with E-state index in [1.54, 1.807) is 14.2 Å². The van der Waals surface area contributed by atoms with Gasteiger partial charge in [0, 0.05) is 29.3 Å². The van der Waals surface area contributed by atoms with Gasteiger partial charge in [-0.1, -0.05) is 12.1 Å². The fourth-order valence-electron chi connectivity index (χ4n) is 2.22. The number of anilines is 2. The highest BCUT2D eigenvalue weighted by molar-refractivity contribution is 7.71. The number of methoxy groups -OCH3 is 2. The molecule has 22 heavy (non-hydrogen) atoms. The second-order valence-corrected chi connectivity index (χ2v) is 5.05. The van der Waals surface area contributed by atoms with Gasteiger partial charge in [0.05, 0.1) is 19.7 Å². The Labute approximate surface area is 132 Å². The number of hydrogen-bond acceptors (Lipinski definition) is 5. The van der Waals surface area contributed by atoms with Gasteiger partial charge in [0.2, 0.25) is 0 Å². The van der Waals surface area contributed by atoms with E-state index in [1.807, 2.05) is 42.5 Å². The molecule has 0 bridgehead atoms. The van der Waals surface area contributed by atoms with E-state index >= 15 is 0 Å². The predicted molar refractivity (Wildman–Crippen MR) is 89.8 cm³/mol. The van der Waals surface area contributed by atoms with E-state index in [1.165, 1.54) is 0 Å². The number of fused-ring (bicyclic) bond motifs is 1. The van der Waals surface area contributed by atoms with Crippen LogP contribution in [0.4, 0.5) is 11.5 Å². The standard InChI is InChI=1S/C16H15N3O2S/c1-20-11-7-10(8-12(9-11)21-2)17-15-13-5-3-4-6-14(13)18-16(22)19-15/h3-9H,1-2H3,(H2,17,18,19,22). The van der Waals surface area contributed by atoms with Crippen LogP contribution in [0.15, 0.2) is 42.5 Å². The zero-order chi connectivity index (χ0) is 15.5. The Bertz CT molecular complexity index is 854. The number of nitrogens with one attached hydrogen (secondary N) is 2. The van der Waals surface area contributed by atoms with E-state index in [4.69, 9.17) is 21.7 Å². The lowest BCUT2D eigenvalue weighted by molar-refractivity contribution is 0.395. The Morgan fingerprint density at radius 2 is 1.73 bits per heavy atom. The number of hydrogen-bond donors (Lipinski definition) is 2. The first-order chi connectivity index (χ1) is 10.7. The van der Waals surface area contributed by atoms with Gasteiger partial charge in [0.15, 0.2) is 4.77 Å². The second kappa shape index (κ2) is 6.03. The molecule has 0 aliphatic carbocycles. The maximum atomic E-state index is 5.28. The van der Waals surface area contributed by atoms with Crippen molar-refractivity contribution < 1.29 is 9.47 Å². The van der Waals surface area contributed by atoms with Crippen molar-refractivity contribution in [1.29, 1.82) is 0 Å². The van der Waals surface area contributed by atoms with Gasteiger partial charge in [-0.05, 0) is 24.4 Å². The average molecular weight is 313 g/mol. The van der Waals surface area contributed by atoms with Crippen molar-refractivity contribution in [3.05, 3.63) is 47.2 Å². The van der Waals surface area contributed by atoms with Crippen LogP contribution in [-0.2, 0) is 0 Å². The van der Waals surface area contributed by atoms with E-state index < -0.39 is 0 Å². The molecule has 3 rings (SSSR count). The second-order valence-electron chi connectivity index (χ2n) is 4.66. The topological polar surface area (TPSA) is 59.2 Å². The summed E-state index contributed by atoms with van der Waals surface area (Å²) in [5.41, 5.74) is 1.74. The molecule has 0 unspecified atom stereocenters. The van der Waals surface area contributed by atoms with Gasteiger partial charge < -0.3 is 19.8 Å². The number of rotatable bonds is 4. The molecule has 2 N–H and O–H groups in total. The lowest BCUT2D eigenvalue weighted by Gasteiger charge is -2.11. The Morgan fingerprint density at radius 3 is 2.41 bits per heavy atom. The molecule has 0 saturated carbocycles. The fraction of sp³-hybridized carbons (Fsp3) is 0.125. The maximum Gasteiger partial charge on any atom is 0.199 e. The molecule has 0 spiro atoms. The van der Waals surface area contributed by atoms with E-state index in [0.717, 1.165) is 16.6 Å². The molecule has 1 aromatic heterocycles. The van der Waals surface area contributed by atoms with Gasteiger partial charge >= 0.3 is 0 Å². The smallest absolute Gasteiger partial charge is 0.199 e. The van der Waals surface area contributed by atoms with Gasteiger partial charge in [-0.2, -0.15) is 0 Å². The molecule has 6 heteroatoms. The highest BCUT2D eigenvalue weighted by atomic mass is 32.1. The predicted octanol–water partition coefficient (Wildman–Crippen LogP) is 4.05. The first-order valence-electron chi connectivity index (χ1n) is 6.69. The van der Waals surface area contributed by atoms with Crippen LogP contribution >= 0.6 is 12.2 Å². The first-order valence-corrected chi connectivity index (χ1v) is 7.09. The molecule has 0 amide bonds. The summed E-state index contributed by atoms with van der Waals surface area (Å²) in [5.74, 6) is 2.09.